The smallest absolute Gasteiger partial charge is 0.270 e. The fourth-order valence-electron chi connectivity index (χ4n) is 2.88. The number of halogens is 1. The highest BCUT2D eigenvalue weighted by Crippen LogP contribution is 2.30. The van der Waals surface area contributed by atoms with Crippen LogP contribution in [-0.4, -0.2) is 36.8 Å². The Labute approximate surface area is 150 Å². The molecule has 1 fully saturated rings. The lowest BCUT2D eigenvalue weighted by atomic mass is 10.1. The van der Waals surface area contributed by atoms with Crippen LogP contribution in [0.5, 0.6) is 0 Å². The van der Waals surface area contributed by atoms with Gasteiger partial charge in [0.2, 0.25) is 10.0 Å². The van der Waals surface area contributed by atoms with Crippen molar-refractivity contribution in [2.45, 2.75) is 24.0 Å². The molecule has 1 aliphatic rings. The first-order valence-corrected chi connectivity index (χ1v) is 9.37. The molecule has 1 aliphatic heterocycles. The van der Waals surface area contributed by atoms with Crippen LogP contribution in [0.15, 0.2) is 53.4 Å². The summed E-state index contributed by atoms with van der Waals surface area (Å²) in [4.78, 5) is 10.1. The zero-order chi connectivity index (χ0) is 18.9. The van der Waals surface area contributed by atoms with E-state index in [1.54, 1.807) is 19.1 Å². The van der Waals surface area contributed by atoms with Crippen molar-refractivity contribution in [2.75, 3.05) is 13.1 Å². The highest BCUT2D eigenvalue weighted by atomic mass is 32.2. The van der Waals surface area contributed by atoms with Gasteiger partial charge in [0.1, 0.15) is 5.82 Å². The molecule has 7 nitrogen and oxygen atoms in total. The minimum Gasteiger partial charge on any atom is -0.368 e. The number of morpholine rings is 1. The van der Waals surface area contributed by atoms with Crippen LogP contribution < -0.4 is 0 Å². The van der Waals surface area contributed by atoms with Gasteiger partial charge in [0, 0.05) is 25.2 Å². The zero-order valence-corrected chi connectivity index (χ0v) is 14.7. The quantitative estimate of drug-likeness (QED) is 0.601. The first kappa shape index (κ1) is 18.4. The van der Waals surface area contributed by atoms with Crippen LogP contribution in [0.25, 0.3) is 0 Å². The molecule has 0 bridgehead atoms. The maximum atomic E-state index is 13.1. The SMILES string of the molecule is CC1CN(S(=O)(=O)c2cccc([N+](=O)[O-])c2)CC(c2ccc(F)cc2)O1. The molecule has 138 valence electrons. The van der Waals surface area contributed by atoms with E-state index in [1.165, 1.54) is 34.6 Å². The fraction of sp³-hybridized carbons (Fsp3) is 0.294. The lowest BCUT2D eigenvalue weighted by molar-refractivity contribution is -0.385. The third kappa shape index (κ3) is 3.74. The Balaban J connectivity index is 1.90. The number of nitro benzene ring substituents is 1. The van der Waals surface area contributed by atoms with Crippen molar-refractivity contribution in [3.05, 3.63) is 70.0 Å². The molecule has 0 radical (unpaired) electrons. The molecule has 9 heteroatoms. The summed E-state index contributed by atoms with van der Waals surface area (Å²) in [7, 11) is -3.93. The van der Waals surface area contributed by atoms with Gasteiger partial charge in [0.15, 0.2) is 0 Å². The summed E-state index contributed by atoms with van der Waals surface area (Å²) in [6, 6.07) is 10.6. The topological polar surface area (TPSA) is 89.8 Å². The van der Waals surface area contributed by atoms with Crippen molar-refractivity contribution in [1.82, 2.24) is 4.31 Å². The Morgan fingerprint density at radius 3 is 2.54 bits per heavy atom. The van der Waals surface area contributed by atoms with Crippen molar-refractivity contribution in [3.63, 3.8) is 0 Å². The number of rotatable bonds is 4. The van der Waals surface area contributed by atoms with Crippen LogP contribution in [0.2, 0.25) is 0 Å². The van der Waals surface area contributed by atoms with Crippen molar-refractivity contribution in [3.8, 4) is 0 Å². The van der Waals surface area contributed by atoms with Gasteiger partial charge in [-0.25, -0.2) is 12.8 Å². The van der Waals surface area contributed by atoms with Gasteiger partial charge in [-0.2, -0.15) is 4.31 Å². The van der Waals surface area contributed by atoms with E-state index in [2.05, 4.69) is 0 Å². The van der Waals surface area contributed by atoms with E-state index >= 15 is 0 Å². The minimum absolute atomic E-state index is 0.0427. The summed E-state index contributed by atoms with van der Waals surface area (Å²) in [6.45, 7) is 1.91. The van der Waals surface area contributed by atoms with Crippen LogP contribution in [0.4, 0.5) is 10.1 Å². The molecular weight excluding hydrogens is 363 g/mol. The third-order valence-corrected chi connectivity index (χ3v) is 5.96. The standard InChI is InChI=1S/C17H17FN2O5S/c1-12-10-19(11-17(25-12)13-5-7-14(18)8-6-13)26(23,24)16-4-2-3-15(9-16)20(21)22/h2-9,12,17H,10-11H2,1H3. The van der Waals surface area contributed by atoms with Gasteiger partial charge in [-0.1, -0.05) is 18.2 Å². The van der Waals surface area contributed by atoms with Gasteiger partial charge in [-0.3, -0.25) is 10.1 Å². The minimum atomic E-state index is -3.93. The number of ether oxygens (including phenoxy) is 1. The molecule has 26 heavy (non-hydrogen) atoms. The lowest BCUT2D eigenvalue weighted by Gasteiger charge is -2.36. The average Bonchev–Trinajstić information content (AvgIpc) is 2.62. The summed E-state index contributed by atoms with van der Waals surface area (Å²) in [5.41, 5.74) is 0.375. The molecule has 0 amide bonds. The molecular formula is C17H17FN2O5S. The van der Waals surface area contributed by atoms with Gasteiger partial charge < -0.3 is 4.74 Å². The van der Waals surface area contributed by atoms with Crippen LogP contribution >= 0.6 is 0 Å². The average molecular weight is 380 g/mol. The number of nitrogens with zero attached hydrogens (tertiary/aromatic N) is 2. The van der Waals surface area contributed by atoms with E-state index < -0.39 is 26.9 Å². The van der Waals surface area contributed by atoms with Crippen LogP contribution in [-0.2, 0) is 14.8 Å². The fourth-order valence-corrected chi connectivity index (χ4v) is 4.43. The maximum absolute atomic E-state index is 13.1. The second kappa shape index (κ2) is 7.10. The highest BCUT2D eigenvalue weighted by molar-refractivity contribution is 7.89. The van der Waals surface area contributed by atoms with E-state index in [0.717, 1.165) is 6.07 Å². The van der Waals surface area contributed by atoms with Gasteiger partial charge in [-0.05, 0) is 30.7 Å². The molecule has 0 N–H and O–H groups in total. The second-order valence-electron chi connectivity index (χ2n) is 6.06. The summed E-state index contributed by atoms with van der Waals surface area (Å²) in [5, 5.41) is 10.9. The molecule has 1 heterocycles. The monoisotopic (exact) mass is 380 g/mol. The van der Waals surface area contributed by atoms with Crippen LogP contribution in [0.1, 0.15) is 18.6 Å². The van der Waals surface area contributed by atoms with Crippen molar-refractivity contribution in [2.24, 2.45) is 0 Å². The summed E-state index contributed by atoms with van der Waals surface area (Å²) >= 11 is 0. The molecule has 2 aromatic carbocycles. The second-order valence-corrected chi connectivity index (χ2v) is 8.00. The van der Waals surface area contributed by atoms with Gasteiger partial charge in [-0.15, -0.1) is 0 Å². The third-order valence-electron chi connectivity index (χ3n) is 4.13. The highest BCUT2D eigenvalue weighted by Gasteiger charge is 2.35. The van der Waals surface area contributed by atoms with Crippen molar-refractivity contribution < 1.29 is 22.5 Å². The molecule has 2 atom stereocenters. The number of benzene rings is 2. The predicted molar refractivity (Wildman–Crippen MR) is 91.5 cm³/mol. The van der Waals surface area contributed by atoms with Gasteiger partial charge in [0.05, 0.1) is 22.0 Å². The van der Waals surface area contributed by atoms with E-state index in [1.807, 2.05) is 0 Å². The van der Waals surface area contributed by atoms with Crippen LogP contribution in [0.3, 0.4) is 0 Å². The van der Waals surface area contributed by atoms with E-state index in [0.29, 0.717) is 5.56 Å². The Hall–Kier alpha value is -2.36. The molecule has 3 rings (SSSR count). The number of sulfonamides is 1. The zero-order valence-electron chi connectivity index (χ0n) is 13.9. The first-order chi connectivity index (χ1) is 12.3. The van der Waals surface area contributed by atoms with Crippen molar-refractivity contribution >= 4 is 15.7 Å². The predicted octanol–water partition coefficient (Wildman–Crippen LogP) is 2.88. The van der Waals surface area contributed by atoms with E-state index in [-0.39, 0.29) is 29.8 Å². The molecule has 2 aromatic rings. The Kier molecular flexibility index (Phi) is 5.03. The molecule has 0 spiro atoms. The number of hydrogen-bond acceptors (Lipinski definition) is 5. The number of non-ortho nitro benzene ring substituents is 1. The van der Waals surface area contributed by atoms with E-state index in [4.69, 9.17) is 4.74 Å². The normalized spacial score (nSPS) is 21.5. The maximum Gasteiger partial charge on any atom is 0.270 e. The molecule has 2 unspecified atom stereocenters. The Bertz CT molecular complexity index is 917. The van der Waals surface area contributed by atoms with Gasteiger partial charge >= 0.3 is 0 Å². The van der Waals surface area contributed by atoms with Crippen molar-refractivity contribution in [1.29, 1.82) is 0 Å². The number of hydrogen-bond donors (Lipinski definition) is 0. The first-order valence-electron chi connectivity index (χ1n) is 7.93. The summed E-state index contributed by atoms with van der Waals surface area (Å²) in [6.07, 6.45) is -0.930. The van der Waals surface area contributed by atoms with Crippen LogP contribution in [0, 0.1) is 15.9 Å². The Morgan fingerprint density at radius 2 is 1.88 bits per heavy atom. The number of nitro groups is 1. The molecule has 0 saturated carbocycles. The molecule has 0 aromatic heterocycles. The molecule has 0 aliphatic carbocycles. The summed E-state index contributed by atoms with van der Waals surface area (Å²) < 4.78 is 46.0. The molecule has 1 saturated heterocycles. The largest absolute Gasteiger partial charge is 0.368 e. The van der Waals surface area contributed by atoms with E-state index in [9.17, 15) is 22.9 Å². The lowest BCUT2D eigenvalue weighted by Crippen LogP contribution is -2.45. The van der Waals surface area contributed by atoms with Gasteiger partial charge in [0.25, 0.3) is 5.69 Å². The summed E-state index contributed by atoms with van der Waals surface area (Å²) in [5.74, 6) is -0.390. The Morgan fingerprint density at radius 1 is 1.19 bits per heavy atom.